The highest BCUT2D eigenvalue weighted by atomic mass is 16.5. The van der Waals surface area contributed by atoms with Crippen LogP contribution in [0.2, 0.25) is 0 Å². The van der Waals surface area contributed by atoms with E-state index in [1.807, 2.05) is 38.1 Å². The maximum Gasteiger partial charge on any atom is 0.257 e. The van der Waals surface area contributed by atoms with Crippen molar-refractivity contribution < 1.29 is 14.1 Å². The molecule has 0 unspecified atom stereocenters. The van der Waals surface area contributed by atoms with Crippen molar-refractivity contribution in [3.63, 3.8) is 0 Å². The lowest BCUT2D eigenvalue weighted by Gasteiger charge is -2.04. The van der Waals surface area contributed by atoms with Crippen LogP contribution < -0.4 is 10.1 Å². The number of carbonyl (C=O) groups is 1. The van der Waals surface area contributed by atoms with E-state index in [1.54, 1.807) is 7.11 Å². The van der Waals surface area contributed by atoms with Gasteiger partial charge < -0.3 is 14.6 Å². The van der Waals surface area contributed by atoms with Crippen LogP contribution in [0.15, 0.2) is 28.8 Å². The summed E-state index contributed by atoms with van der Waals surface area (Å²) in [6, 6.07) is 7.33. The second-order valence-corrected chi connectivity index (χ2v) is 5.12. The van der Waals surface area contributed by atoms with Gasteiger partial charge in [-0.2, -0.15) is 4.98 Å². The summed E-state index contributed by atoms with van der Waals surface area (Å²) in [5.74, 6) is 1.95. The molecule has 0 aliphatic rings. The lowest BCUT2D eigenvalue weighted by atomic mass is 10.1. The van der Waals surface area contributed by atoms with Gasteiger partial charge in [-0.3, -0.25) is 4.79 Å². The van der Waals surface area contributed by atoms with E-state index < -0.39 is 0 Å². The third kappa shape index (κ3) is 4.30. The minimum Gasteiger partial charge on any atom is -0.497 e. The zero-order valence-electron chi connectivity index (χ0n) is 12.4. The van der Waals surface area contributed by atoms with Gasteiger partial charge in [0.15, 0.2) is 5.82 Å². The first-order valence-corrected chi connectivity index (χ1v) is 6.82. The number of amides is 1. The minimum atomic E-state index is -0.0132. The van der Waals surface area contributed by atoms with Crippen molar-refractivity contribution >= 4 is 5.91 Å². The molecule has 0 fully saturated rings. The zero-order chi connectivity index (χ0) is 15.2. The number of hydrogen-bond donors (Lipinski definition) is 1. The Bertz CT molecular complexity index is 590. The first kappa shape index (κ1) is 15.0. The summed E-state index contributed by atoms with van der Waals surface area (Å²) < 4.78 is 10.3. The van der Waals surface area contributed by atoms with Gasteiger partial charge in [-0.05, 0) is 30.2 Å². The fraction of sp³-hybridized carbons (Fsp3) is 0.400. The van der Waals surface area contributed by atoms with Crippen LogP contribution in [-0.2, 0) is 11.3 Å². The van der Waals surface area contributed by atoms with E-state index in [4.69, 9.17) is 9.26 Å². The molecule has 0 aliphatic heterocycles. The molecule has 0 saturated carbocycles. The lowest BCUT2D eigenvalue weighted by molar-refractivity contribution is -0.122. The Hall–Kier alpha value is -2.37. The minimum absolute atomic E-state index is 0.0132. The first-order valence-electron chi connectivity index (χ1n) is 6.82. The summed E-state index contributed by atoms with van der Waals surface area (Å²) in [6.45, 7) is 4.26. The quantitative estimate of drug-likeness (QED) is 0.883. The number of carbonyl (C=O) groups excluding carboxylic acids is 1. The van der Waals surface area contributed by atoms with E-state index >= 15 is 0 Å². The van der Waals surface area contributed by atoms with Crippen molar-refractivity contribution in [1.82, 2.24) is 15.5 Å². The normalized spacial score (nSPS) is 10.7. The number of nitrogens with zero attached hydrogens (tertiary/aromatic N) is 2. The van der Waals surface area contributed by atoms with Gasteiger partial charge in [-0.1, -0.05) is 19.0 Å². The van der Waals surface area contributed by atoms with Gasteiger partial charge in [0.05, 0.1) is 13.7 Å². The van der Waals surface area contributed by atoms with Crippen LogP contribution in [0.4, 0.5) is 0 Å². The van der Waals surface area contributed by atoms with Crippen LogP contribution in [0.1, 0.15) is 26.1 Å². The number of rotatable bonds is 6. The Balaban J connectivity index is 1.96. The van der Waals surface area contributed by atoms with Crippen molar-refractivity contribution in [3.8, 4) is 17.2 Å². The highest BCUT2D eigenvalue weighted by Crippen LogP contribution is 2.20. The van der Waals surface area contributed by atoms with E-state index in [9.17, 15) is 4.79 Å². The molecule has 0 atom stereocenters. The molecule has 0 spiro atoms. The van der Waals surface area contributed by atoms with E-state index in [2.05, 4.69) is 15.5 Å². The standard InChI is InChI=1S/C15H19N3O3/c1-10(2)8-14(19)16-9-13-17-15(21-18-13)11-4-6-12(20-3)7-5-11/h4-7,10H,8-9H2,1-3H3,(H,16,19). The van der Waals surface area contributed by atoms with Crippen molar-refractivity contribution in [2.24, 2.45) is 5.92 Å². The van der Waals surface area contributed by atoms with Gasteiger partial charge in [-0.25, -0.2) is 0 Å². The SMILES string of the molecule is COc1ccc(-c2nc(CNC(=O)CC(C)C)no2)cc1. The summed E-state index contributed by atoms with van der Waals surface area (Å²) in [7, 11) is 1.61. The van der Waals surface area contributed by atoms with Crippen LogP contribution in [0.3, 0.4) is 0 Å². The molecule has 21 heavy (non-hydrogen) atoms. The molecule has 1 amide bonds. The van der Waals surface area contributed by atoms with E-state index in [-0.39, 0.29) is 12.5 Å². The Morgan fingerprint density at radius 2 is 2.05 bits per heavy atom. The van der Waals surface area contributed by atoms with Crippen LogP contribution >= 0.6 is 0 Å². The molecule has 6 nitrogen and oxygen atoms in total. The van der Waals surface area contributed by atoms with Crippen LogP contribution in [0.5, 0.6) is 5.75 Å². The average Bonchev–Trinajstić information content (AvgIpc) is 2.93. The molecule has 1 heterocycles. The maximum atomic E-state index is 11.6. The third-order valence-corrected chi connectivity index (χ3v) is 2.84. The fourth-order valence-corrected chi connectivity index (χ4v) is 1.80. The van der Waals surface area contributed by atoms with Gasteiger partial charge in [0.2, 0.25) is 5.91 Å². The second-order valence-electron chi connectivity index (χ2n) is 5.12. The zero-order valence-corrected chi connectivity index (χ0v) is 12.4. The molecule has 0 bridgehead atoms. The number of nitrogens with one attached hydrogen (secondary N) is 1. The maximum absolute atomic E-state index is 11.6. The number of hydrogen-bond acceptors (Lipinski definition) is 5. The third-order valence-electron chi connectivity index (χ3n) is 2.84. The van der Waals surface area contributed by atoms with E-state index in [0.717, 1.165) is 11.3 Å². The number of aromatic nitrogens is 2. The van der Waals surface area contributed by atoms with Crippen LogP contribution in [0, 0.1) is 5.92 Å². The van der Waals surface area contributed by atoms with Crippen molar-refractivity contribution in [2.75, 3.05) is 7.11 Å². The lowest BCUT2D eigenvalue weighted by Crippen LogP contribution is -2.24. The van der Waals surface area contributed by atoms with Crippen molar-refractivity contribution in [3.05, 3.63) is 30.1 Å². The summed E-state index contributed by atoms with van der Waals surface area (Å²) in [5, 5.41) is 6.62. The Morgan fingerprint density at radius 1 is 1.33 bits per heavy atom. The predicted octanol–water partition coefficient (Wildman–Crippen LogP) is 2.41. The largest absolute Gasteiger partial charge is 0.497 e. The molecule has 112 valence electrons. The topological polar surface area (TPSA) is 77.2 Å². The fourth-order valence-electron chi connectivity index (χ4n) is 1.80. The molecule has 0 saturated heterocycles. The Kier molecular flexibility index (Phi) is 4.92. The van der Waals surface area contributed by atoms with E-state index in [1.165, 1.54) is 0 Å². The van der Waals surface area contributed by atoms with E-state index in [0.29, 0.717) is 24.1 Å². The van der Waals surface area contributed by atoms with Gasteiger partial charge >= 0.3 is 0 Å². The first-order chi connectivity index (χ1) is 10.1. The van der Waals surface area contributed by atoms with Crippen LogP contribution in [0.25, 0.3) is 11.5 Å². The van der Waals surface area contributed by atoms with Crippen molar-refractivity contribution in [1.29, 1.82) is 0 Å². The molecule has 0 radical (unpaired) electrons. The Morgan fingerprint density at radius 3 is 2.67 bits per heavy atom. The molecule has 1 aromatic carbocycles. The van der Waals surface area contributed by atoms with Crippen molar-refractivity contribution in [2.45, 2.75) is 26.8 Å². The molecule has 6 heteroatoms. The molecule has 1 N–H and O–H groups in total. The summed E-state index contributed by atoms with van der Waals surface area (Å²) in [4.78, 5) is 15.8. The number of benzene rings is 1. The highest BCUT2D eigenvalue weighted by molar-refractivity contribution is 5.75. The van der Waals surface area contributed by atoms with Crippen LogP contribution in [-0.4, -0.2) is 23.2 Å². The Labute approximate surface area is 123 Å². The van der Waals surface area contributed by atoms with Gasteiger partial charge in [-0.15, -0.1) is 0 Å². The van der Waals surface area contributed by atoms with Gasteiger partial charge in [0.25, 0.3) is 5.89 Å². The monoisotopic (exact) mass is 289 g/mol. The smallest absolute Gasteiger partial charge is 0.257 e. The summed E-state index contributed by atoms with van der Waals surface area (Å²) in [6.07, 6.45) is 0.489. The van der Waals surface area contributed by atoms with Gasteiger partial charge in [0, 0.05) is 12.0 Å². The summed E-state index contributed by atoms with van der Waals surface area (Å²) in [5.41, 5.74) is 0.808. The number of methoxy groups -OCH3 is 1. The molecular formula is C15H19N3O3. The molecule has 1 aromatic heterocycles. The second kappa shape index (κ2) is 6.88. The molecular weight excluding hydrogens is 270 g/mol. The molecule has 2 aromatic rings. The number of ether oxygens (including phenoxy) is 1. The molecule has 0 aliphatic carbocycles. The van der Waals surface area contributed by atoms with Gasteiger partial charge in [0.1, 0.15) is 5.75 Å². The molecule has 2 rings (SSSR count). The highest BCUT2D eigenvalue weighted by Gasteiger charge is 2.10. The summed E-state index contributed by atoms with van der Waals surface area (Å²) >= 11 is 0. The average molecular weight is 289 g/mol. The predicted molar refractivity (Wildman–Crippen MR) is 77.6 cm³/mol.